The van der Waals surface area contributed by atoms with Crippen LogP contribution >= 0.6 is 0 Å². The molecule has 1 aromatic carbocycles. The largest absolute Gasteiger partial charge is 0.491 e. The Kier molecular flexibility index (Phi) is 1.97. The molecule has 0 bridgehead atoms. The summed E-state index contributed by atoms with van der Waals surface area (Å²) in [6, 6.07) is 1.19. The maximum atomic E-state index is 10.3. The number of aliphatic hydroxyl groups excluding tert-OH is 1. The summed E-state index contributed by atoms with van der Waals surface area (Å²) in [6.07, 6.45) is -5.77. The summed E-state index contributed by atoms with van der Waals surface area (Å²) >= 11 is 0. The predicted molar refractivity (Wildman–Crippen MR) is 76.7 cm³/mol. The first kappa shape index (κ1) is 4.20. The van der Waals surface area contributed by atoms with Gasteiger partial charge in [0, 0.05) is 33.3 Å². The van der Waals surface area contributed by atoms with E-state index in [0.29, 0.717) is 0 Å². The van der Waals surface area contributed by atoms with Gasteiger partial charge >= 0.3 is 0 Å². The fraction of sp³-hybridized carbons (Fsp3) is 0.600. The molecule has 1 aromatic rings. The first-order valence-corrected chi connectivity index (χ1v) is 5.09. The number of hydrogen-bond acceptors (Lipinski definition) is 4. The third kappa shape index (κ3) is 7.15. The monoisotopic (exact) mass is 284 g/mol. The SMILES string of the molecule is [2H]C([2H])([2H])OC([2H])([2H])C([2H])([2H])c1ccc(OC([2H])([2H])C(O)C([2H])([2H])NC(C([2H])([2H])[2H])C([2H])([2H])[2H])cc1. The molecule has 108 valence electrons. The lowest BCUT2D eigenvalue weighted by atomic mass is 10.1. The quantitative estimate of drug-likeness (QED) is 0.723. The van der Waals surface area contributed by atoms with Crippen LogP contribution in [0.15, 0.2) is 24.3 Å². The highest BCUT2D eigenvalue weighted by atomic mass is 16.5. The van der Waals surface area contributed by atoms with Crippen molar-refractivity contribution in [1.29, 1.82) is 0 Å². The van der Waals surface area contributed by atoms with Gasteiger partial charge in [-0.05, 0) is 24.1 Å². The smallest absolute Gasteiger partial charge is 0.119 e. The maximum absolute atomic E-state index is 10.3. The summed E-state index contributed by atoms with van der Waals surface area (Å²) in [7, 11) is -3.25. The third-order valence-corrected chi connectivity index (χ3v) is 1.75. The average molecular weight is 284 g/mol. The second-order valence-electron chi connectivity index (χ2n) is 3.20. The molecule has 0 radical (unpaired) electrons. The van der Waals surface area contributed by atoms with E-state index in [-0.39, 0.29) is 0 Å². The molecular weight excluding hydrogens is 242 g/mol. The Balaban J connectivity index is 3.14. The Bertz CT molecular complexity index is 861. The minimum absolute atomic E-state index is 0.421. The summed E-state index contributed by atoms with van der Waals surface area (Å²) < 4.78 is 136. The van der Waals surface area contributed by atoms with E-state index in [1.165, 1.54) is 0 Å². The van der Waals surface area contributed by atoms with E-state index in [1.54, 1.807) is 5.32 Å². The van der Waals surface area contributed by atoms with Crippen LogP contribution in [0.4, 0.5) is 0 Å². The topological polar surface area (TPSA) is 50.7 Å². The zero-order chi connectivity index (χ0) is 28.8. The molecule has 0 aliphatic heterocycles. The summed E-state index contributed by atoms with van der Waals surface area (Å²) in [6.45, 7) is -16.4. The highest BCUT2D eigenvalue weighted by Gasteiger charge is 2.05. The van der Waals surface area contributed by atoms with Crippen LogP contribution in [-0.4, -0.2) is 43.9 Å². The fourth-order valence-corrected chi connectivity index (χ4v) is 1.01. The first-order valence-electron chi connectivity index (χ1n) is 13.6. The van der Waals surface area contributed by atoms with Crippen molar-refractivity contribution in [2.45, 2.75) is 32.2 Å². The van der Waals surface area contributed by atoms with E-state index in [9.17, 15) is 5.11 Å². The van der Waals surface area contributed by atoms with Crippen LogP contribution in [0.3, 0.4) is 0 Å². The van der Waals surface area contributed by atoms with Crippen LogP contribution in [0.1, 0.15) is 42.6 Å². The van der Waals surface area contributed by atoms with E-state index in [0.717, 1.165) is 24.3 Å². The van der Waals surface area contributed by atoms with Gasteiger partial charge in [-0.3, -0.25) is 0 Å². The first-order chi connectivity index (χ1) is 15.6. The molecule has 4 nitrogen and oxygen atoms in total. The second kappa shape index (κ2) is 8.91. The van der Waals surface area contributed by atoms with Gasteiger partial charge in [-0.15, -0.1) is 0 Å². The minimum Gasteiger partial charge on any atom is -0.491 e. The maximum Gasteiger partial charge on any atom is 0.119 e. The zero-order valence-corrected chi connectivity index (χ0v) is 9.73. The molecule has 0 amide bonds. The van der Waals surface area contributed by atoms with Gasteiger partial charge in [-0.25, -0.2) is 0 Å². The Labute approximate surface area is 139 Å². The van der Waals surface area contributed by atoms with Crippen LogP contribution in [0.2, 0.25) is 0 Å². The van der Waals surface area contributed by atoms with E-state index in [1.807, 2.05) is 0 Å². The van der Waals surface area contributed by atoms with Crippen molar-refractivity contribution < 1.29 is 37.9 Å². The van der Waals surface area contributed by atoms with Gasteiger partial charge in [0.2, 0.25) is 0 Å². The van der Waals surface area contributed by atoms with Crippen molar-refractivity contribution in [3.63, 3.8) is 0 Å². The Morgan fingerprint density at radius 3 is 2.84 bits per heavy atom. The number of nitrogens with one attached hydrogen (secondary N) is 1. The van der Waals surface area contributed by atoms with Crippen LogP contribution in [0, 0.1) is 0 Å². The lowest BCUT2D eigenvalue weighted by Gasteiger charge is -2.15. The van der Waals surface area contributed by atoms with E-state index in [2.05, 4.69) is 4.74 Å². The average Bonchev–Trinajstić information content (AvgIpc) is 2.62. The molecule has 0 aromatic heterocycles. The van der Waals surface area contributed by atoms with Crippen molar-refractivity contribution in [1.82, 2.24) is 5.32 Å². The summed E-state index contributed by atoms with van der Waals surface area (Å²) in [5.74, 6) is -0.421. The Morgan fingerprint density at radius 2 is 2.16 bits per heavy atom. The Hall–Kier alpha value is -1.10. The highest BCUT2D eigenvalue weighted by Crippen LogP contribution is 2.12. The van der Waals surface area contributed by atoms with Gasteiger partial charge in [0.1, 0.15) is 18.4 Å². The molecule has 2 N–H and O–H groups in total. The summed E-state index contributed by atoms with van der Waals surface area (Å²) in [5.41, 5.74) is -0.430. The van der Waals surface area contributed by atoms with E-state index in [4.69, 9.17) is 28.0 Å². The van der Waals surface area contributed by atoms with Crippen LogP contribution in [0.25, 0.3) is 0 Å². The molecular formula is C15H25NO3. The molecule has 0 spiro atoms. The van der Waals surface area contributed by atoms with Gasteiger partial charge in [-0.1, -0.05) is 25.8 Å². The molecule has 0 heterocycles. The number of aryl methyl sites for hydroxylation is 1. The van der Waals surface area contributed by atoms with Crippen molar-refractivity contribution >= 4 is 0 Å². The summed E-state index contributed by atoms with van der Waals surface area (Å²) in [5, 5.41) is 11.9. The number of benzene rings is 1. The van der Waals surface area contributed by atoms with Crippen molar-refractivity contribution in [2.24, 2.45) is 0 Å². The number of rotatable bonds is 9. The van der Waals surface area contributed by atoms with Crippen molar-refractivity contribution in [3.05, 3.63) is 29.8 Å². The second-order valence-corrected chi connectivity index (χ2v) is 3.20. The van der Waals surface area contributed by atoms with Crippen molar-refractivity contribution in [2.75, 3.05) is 26.7 Å². The molecule has 1 rings (SSSR count). The highest BCUT2D eigenvalue weighted by molar-refractivity contribution is 5.27. The molecule has 1 unspecified atom stereocenters. The number of ether oxygens (including phenoxy) is 2. The molecule has 0 aliphatic rings. The summed E-state index contributed by atoms with van der Waals surface area (Å²) in [4.78, 5) is 0. The molecule has 0 saturated carbocycles. The van der Waals surface area contributed by atoms with Crippen LogP contribution in [-0.2, 0) is 11.1 Å². The van der Waals surface area contributed by atoms with Gasteiger partial charge in [-0.2, -0.15) is 0 Å². The minimum atomic E-state index is -3.32. The number of aliphatic hydroxyl groups is 1. The van der Waals surface area contributed by atoms with E-state index >= 15 is 0 Å². The molecule has 19 heavy (non-hydrogen) atoms. The standard InChI is InChI=1S/C15H25NO3/c1-12(2)16-10-14(17)11-19-15-6-4-13(5-7-15)8-9-18-3/h4-7,12,14,16-17H,8-11H2,1-3H3/i1D3,2D3,3D3,8D2,9D2,10D2,11D2. The lowest BCUT2D eigenvalue weighted by Crippen LogP contribution is -2.35. The van der Waals surface area contributed by atoms with Gasteiger partial charge in [0.05, 0.1) is 16.2 Å². The van der Waals surface area contributed by atoms with Crippen LogP contribution in [0.5, 0.6) is 5.75 Å². The lowest BCUT2D eigenvalue weighted by molar-refractivity contribution is 0.104. The molecule has 4 heteroatoms. The van der Waals surface area contributed by atoms with Gasteiger partial charge < -0.3 is 19.9 Å². The fourth-order valence-electron chi connectivity index (χ4n) is 1.01. The molecule has 0 saturated heterocycles. The van der Waals surface area contributed by atoms with E-state index < -0.39 is 70.2 Å². The Morgan fingerprint density at radius 1 is 1.37 bits per heavy atom. The van der Waals surface area contributed by atoms with Crippen molar-refractivity contribution in [3.8, 4) is 5.75 Å². The third-order valence-electron chi connectivity index (χ3n) is 1.75. The van der Waals surface area contributed by atoms with Gasteiger partial charge in [0.15, 0.2) is 0 Å². The molecule has 0 aliphatic carbocycles. The number of methoxy groups -OCH3 is 1. The molecule has 0 fully saturated rings. The zero-order valence-electron chi connectivity index (χ0n) is 26.7. The predicted octanol–water partition coefficient (Wildman–Crippen LogP) is 1.61. The number of hydrogen-bond donors (Lipinski definition) is 2. The normalized spacial score (nSPS) is 30.9. The van der Waals surface area contributed by atoms with Gasteiger partial charge in [0.25, 0.3) is 0 Å². The molecule has 1 atom stereocenters. The van der Waals surface area contributed by atoms with Crippen LogP contribution < -0.4 is 10.1 Å².